The summed E-state index contributed by atoms with van der Waals surface area (Å²) in [4.78, 5) is 17.3. The van der Waals surface area contributed by atoms with Crippen molar-refractivity contribution < 1.29 is 13.2 Å². The van der Waals surface area contributed by atoms with E-state index in [9.17, 15) is 13.2 Å². The summed E-state index contributed by atoms with van der Waals surface area (Å²) in [5, 5.41) is 0. The minimum Gasteiger partial charge on any atom is -0.341 e. The second-order valence-electron chi connectivity index (χ2n) is 8.43. The van der Waals surface area contributed by atoms with Crippen molar-refractivity contribution in [3.63, 3.8) is 0 Å². The fourth-order valence-electron chi connectivity index (χ4n) is 4.99. The molecule has 0 aromatic heterocycles. The van der Waals surface area contributed by atoms with Gasteiger partial charge in [0.05, 0.1) is 11.4 Å². The van der Waals surface area contributed by atoms with Crippen LogP contribution in [0.5, 0.6) is 0 Å². The van der Waals surface area contributed by atoms with Crippen LogP contribution in [0.2, 0.25) is 0 Å². The zero-order valence-electron chi connectivity index (χ0n) is 16.5. The number of benzene rings is 1. The molecule has 4 rings (SSSR count). The normalized spacial score (nSPS) is 27.4. The summed E-state index contributed by atoms with van der Waals surface area (Å²) in [6.07, 6.45) is 6.42. The van der Waals surface area contributed by atoms with E-state index >= 15 is 0 Å². The predicted octanol–water partition coefficient (Wildman–Crippen LogP) is 2.03. The van der Waals surface area contributed by atoms with Gasteiger partial charge in [-0.2, -0.15) is 4.31 Å². The molecule has 0 N–H and O–H groups in total. The highest BCUT2D eigenvalue weighted by atomic mass is 32.2. The molecule has 1 saturated carbocycles. The van der Waals surface area contributed by atoms with E-state index < -0.39 is 10.0 Å². The number of hydrogen-bond donors (Lipinski definition) is 0. The summed E-state index contributed by atoms with van der Waals surface area (Å²) in [5.41, 5.74) is 0. The van der Waals surface area contributed by atoms with E-state index in [4.69, 9.17) is 0 Å². The van der Waals surface area contributed by atoms with E-state index in [-0.39, 0.29) is 5.91 Å². The van der Waals surface area contributed by atoms with Gasteiger partial charge in [0.15, 0.2) is 0 Å². The fourth-order valence-corrected chi connectivity index (χ4v) is 6.43. The van der Waals surface area contributed by atoms with Crippen molar-refractivity contribution in [1.29, 1.82) is 0 Å². The van der Waals surface area contributed by atoms with Gasteiger partial charge in [0.2, 0.25) is 15.9 Å². The molecular formula is C21H31N3O3S. The molecular weight excluding hydrogens is 374 g/mol. The van der Waals surface area contributed by atoms with Crippen LogP contribution in [-0.2, 0) is 14.8 Å². The Balaban J connectivity index is 1.28. The number of rotatable bonds is 4. The summed E-state index contributed by atoms with van der Waals surface area (Å²) in [5.74, 6) is 1.73. The van der Waals surface area contributed by atoms with Gasteiger partial charge in [-0.15, -0.1) is 0 Å². The minimum absolute atomic E-state index is 0.211. The zero-order valence-corrected chi connectivity index (χ0v) is 17.3. The number of hydrogen-bond acceptors (Lipinski definition) is 4. The largest absolute Gasteiger partial charge is 0.341 e. The number of amides is 1. The van der Waals surface area contributed by atoms with Gasteiger partial charge in [-0.1, -0.05) is 37.5 Å². The lowest BCUT2D eigenvalue weighted by atomic mass is 9.75. The summed E-state index contributed by atoms with van der Waals surface area (Å²) in [6.45, 7) is 4.32. The smallest absolute Gasteiger partial charge is 0.243 e. The number of nitrogens with zero attached hydrogens (tertiary/aromatic N) is 3. The maximum Gasteiger partial charge on any atom is 0.243 e. The second-order valence-corrected chi connectivity index (χ2v) is 10.4. The lowest BCUT2D eigenvalue weighted by Crippen LogP contribution is -2.53. The van der Waals surface area contributed by atoms with Crippen molar-refractivity contribution >= 4 is 15.9 Å². The average molecular weight is 406 g/mol. The van der Waals surface area contributed by atoms with E-state index in [0.717, 1.165) is 25.4 Å². The maximum atomic E-state index is 12.8. The lowest BCUT2D eigenvalue weighted by molar-refractivity contribution is -0.135. The number of fused-ring (bicyclic) bond motifs is 1. The van der Waals surface area contributed by atoms with Gasteiger partial charge in [0.25, 0.3) is 0 Å². The molecule has 3 aliphatic rings. The van der Waals surface area contributed by atoms with Gasteiger partial charge in [-0.3, -0.25) is 9.69 Å². The molecule has 154 valence electrons. The van der Waals surface area contributed by atoms with Gasteiger partial charge in [0, 0.05) is 39.3 Å². The first-order valence-corrected chi connectivity index (χ1v) is 12.0. The fraction of sp³-hybridized carbons (Fsp3) is 0.667. The summed E-state index contributed by atoms with van der Waals surface area (Å²) in [6, 6.07) is 8.59. The van der Waals surface area contributed by atoms with E-state index in [1.54, 1.807) is 24.3 Å². The second kappa shape index (κ2) is 8.51. The van der Waals surface area contributed by atoms with Crippen LogP contribution in [0.15, 0.2) is 35.2 Å². The molecule has 0 radical (unpaired) electrons. The van der Waals surface area contributed by atoms with Gasteiger partial charge >= 0.3 is 0 Å². The van der Waals surface area contributed by atoms with Gasteiger partial charge in [-0.05, 0) is 36.8 Å². The highest BCUT2D eigenvalue weighted by molar-refractivity contribution is 7.89. The Hall–Kier alpha value is -1.44. The molecule has 2 heterocycles. The molecule has 3 fully saturated rings. The summed E-state index contributed by atoms with van der Waals surface area (Å²) < 4.78 is 27.0. The molecule has 2 atom stereocenters. The Kier molecular flexibility index (Phi) is 6.04. The molecule has 6 nitrogen and oxygen atoms in total. The van der Waals surface area contributed by atoms with Crippen molar-refractivity contribution in [2.75, 3.05) is 45.8 Å². The number of piperidine rings is 1. The Morgan fingerprint density at radius 1 is 0.893 bits per heavy atom. The minimum atomic E-state index is -3.44. The first-order valence-electron chi connectivity index (χ1n) is 10.6. The Morgan fingerprint density at radius 3 is 2.29 bits per heavy atom. The number of sulfonamides is 1. The van der Waals surface area contributed by atoms with Crippen LogP contribution in [0.4, 0.5) is 0 Å². The Bertz CT molecular complexity index is 775. The highest BCUT2D eigenvalue weighted by Crippen LogP contribution is 2.36. The van der Waals surface area contributed by atoms with Gasteiger partial charge < -0.3 is 4.90 Å². The Labute approximate surface area is 168 Å². The molecule has 28 heavy (non-hydrogen) atoms. The monoisotopic (exact) mass is 405 g/mol. The van der Waals surface area contributed by atoms with Crippen molar-refractivity contribution in [3.05, 3.63) is 30.3 Å². The van der Waals surface area contributed by atoms with Crippen LogP contribution in [0.25, 0.3) is 0 Å². The summed E-state index contributed by atoms with van der Waals surface area (Å²) in [7, 11) is -3.44. The van der Waals surface area contributed by atoms with Crippen LogP contribution in [0.1, 0.15) is 32.1 Å². The highest BCUT2D eigenvalue weighted by Gasteiger charge is 2.34. The molecule has 0 unspecified atom stereocenters. The Morgan fingerprint density at radius 2 is 1.57 bits per heavy atom. The first kappa shape index (κ1) is 19.9. The quantitative estimate of drug-likeness (QED) is 0.769. The topological polar surface area (TPSA) is 60.9 Å². The van der Waals surface area contributed by atoms with Crippen LogP contribution in [-0.4, -0.2) is 74.2 Å². The lowest BCUT2D eigenvalue weighted by Gasteiger charge is -2.42. The average Bonchev–Trinajstić information content (AvgIpc) is 2.74. The van der Waals surface area contributed by atoms with E-state index in [0.29, 0.717) is 43.5 Å². The number of carbonyl (C=O) groups excluding carboxylic acids is 1. The third-order valence-electron chi connectivity index (χ3n) is 6.72. The van der Waals surface area contributed by atoms with Gasteiger partial charge in [0.1, 0.15) is 0 Å². The molecule has 2 saturated heterocycles. The molecule has 2 aliphatic heterocycles. The number of piperazine rings is 1. The molecule has 7 heteroatoms. The van der Waals surface area contributed by atoms with Gasteiger partial charge in [-0.25, -0.2) is 8.42 Å². The van der Waals surface area contributed by atoms with E-state index in [1.807, 2.05) is 6.07 Å². The maximum absolute atomic E-state index is 12.8. The van der Waals surface area contributed by atoms with E-state index in [2.05, 4.69) is 9.80 Å². The third kappa shape index (κ3) is 4.26. The van der Waals surface area contributed by atoms with Crippen molar-refractivity contribution in [3.8, 4) is 0 Å². The standard InChI is InChI=1S/C21H31N3O3S/c25-21(23-11-10-18-6-4-5-7-19(18)16-23)17-22-12-14-24(15-13-22)28(26,27)20-8-2-1-3-9-20/h1-3,8-9,18-19H,4-7,10-17H2/t18-,19+/m1/s1. The molecule has 1 amide bonds. The van der Waals surface area contributed by atoms with E-state index in [1.165, 1.54) is 30.0 Å². The first-order chi connectivity index (χ1) is 13.5. The van der Waals surface area contributed by atoms with Crippen LogP contribution in [0.3, 0.4) is 0 Å². The third-order valence-corrected chi connectivity index (χ3v) is 8.63. The van der Waals surface area contributed by atoms with Crippen LogP contribution < -0.4 is 0 Å². The van der Waals surface area contributed by atoms with Crippen molar-refractivity contribution in [2.24, 2.45) is 11.8 Å². The molecule has 1 aliphatic carbocycles. The number of carbonyl (C=O) groups is 1. The zero-order chi connectivity index (χ0) is 19.6. The molecule has 1 aromatic rings. The van der Waals surface area contributed by atoms with Crippen LogP contribution in [0, 0.1) is 11.8 Å². The predicted molar refractivity (Wildman–Crippen MR) is 108 cm³/mol. The van der Waals surface area contributed by atoms with Crippen LogP contribution >= 0.6 is 0 Å². The van der Waals surface area contributed by atoms with Crippen molar-refractivity contribution in [1.82, 2.24) is 14.1 Å². The number of likely N-dealkylation sites (tertiary alicyclic amines) is 1. The summed E-state index contributed by atoms with van der Waals surface area (Å²) >= 11 is 0. The molecule has 0 spiro atoms. The van der Waals surface area contributed by atoms with Crippen molar-refractivity contribution in [2.45, 2.75) is 37.0 Å². The molecule has 1 aromatic carbocycles. The SMILES string of the molecule is O=C(CN1CCN(S(=O)(=O)c2ccccc2)CC1)N1CC[C@H]2CCCC[C@H]2C1. The molecule has 0 bridgehead atoms.